The summed E-state index contributed by atoms with van der Waals surface area (Å²) in [5.41, 5.74) is 1.10. The number of pyridine rings is 1. The second kappa shape index (κ2) is 13.6. The molecular formula is C31H35ClN2O7. The zero-order valence-electron chi connectivity index (χ0n) is 24.1. The Bertz CT molecular complexity index is 1470. The molecule has 10 heteroatoms. The molecule has 3 rings (SSSR count). The van der Waals surface area contributed by atoms with Crippen LogP contribution in [0.1, 0.15) is 67.3 Å². The molecule has 0 fully saturated rings. The predicted molar refractivity (Wildman–Crippen MR) is 158 cm³/mol. The maximum atomic E-state index is 13.6. The standard InChI is InChI=1S/C31H35ClN2O7/c1-7-26(35)22-13-10-20(32)16-23(22)24-17-28(36)34(18-27(24)39-5)25(14-15-41-31(2,3)4)29(37)33-21-11-8-19(9-12-21)30(38)40-6/h8-13,16-18,25H,7,14-15H2,1-6H3,(H,33,37)/t25-/m0/s1. The fourth-order valence-corrected chi connectivity index (χ4v) is 4.40. The molecule has 0 unspecified atom stereocenters. The van der Waals surface area contributed by atoms with Crippen molar-refractivity contribution in [1.29, 1.82) is 0 Å². The number of rotatable bonds is 11. The maximum absolute atomic E-state index is 13.6. The first kappa shape index (κ1) is 31.6. The van der Waals surface area contributed by atoms with Gasteiger partial charge in [-0.1, -0.05) is 18.5 Å². The lowest BCUT2D eigenvalue weighted by Gasteiger charge is -2.24. The van der Waals surface area contributed by atoms with Crippen LogP contribution < -0.4 is 15.6 Å². The highest BCUT2D eigenvalue weighted by Crippen LogP contribution is 2.34. The van der Waals surface area contributed by atoms with Crippen molar-refractivity contribution in [2.45, 2.75) is 52.2 Å². The summed E-state index contributed by atoms with van der Waals surface area (Å²) < 4.78 is 17.5. The number of carbonyl (C=O) groups is 3. The molecule has 218 valence electrons. The van der Waals surface area contributed by atoms with Crippen molar-refractivity contribution in [2.24, 2.45) is 0 Å². The Balaban J connectivity index is 2.05. The summed E-state index contributed by atoms with van der Waals surface area (Å²) in [7, 11) is 2.73. The van der Waals surface area contributed by atoms with Gasteiger partial charge in [-0.05, 0) is 68.8 Å². The van der Waals surface area contributed by atoms with Crippen molar-refractivity contribution in [1.82, 2.24) is 4.57 Å². The predicted octanol–water partition coefficient (Wildman–Crippen LogP) is 5.94. The van der Waals surface area contributed by atoms with Gasteiger partial charge in [-0.15, -0.1) is 0 Å². The summed E-state index contributed by atoms with van der Waals surface area (Å²) in [5.74, 6) is -0.788. The van der Waals surface area contributed by atoms with Gasteiger partial charge in [0.25, 0.3) is 5.56 Å². The van der Waals surface area contributed by atoms with Crippen molar-refractivity contribution in [3.8, 4) is 16.9 Å². The van der Waals surface area contributed by atoms with Gasteiger partial charge >= 0.3 is 5.97 Å². The number of nitrogens with zero attached hydrogens (tertiary/aromatic N) is 1. The van der Waals surface area contributed by atoms with Crippen LogP contribution in [-0.4, -0.2) is 48.7 Å². The van der Waals surface area contributed by atoms with E-state index in [-0.39, 0.29) is 31.0 Å². The molecule has 0 aliphatic rings. The normalized spacial score (nSPS) is 12.0. The van der Waals surface area contributed by atoms with Crippen molar-refractivity contribution in [3.63, 3.8) is 0 Å². The van der Waals surface area contributed by atoms with E-state index in [2.05, 4.69) is 5.32 Å². The van der Waals surface area contributed by atoms with Gasteiger partial charge in [0.1, 0.15) is 11.8 Å². The SMILES string of the molecule is CCC(=O)c1ccc(Cl)cc1-c1cc(=O)n([C@@H](CCOC(C)(C)C)C(=O)Nc2ccc(C(=O)OC)cc2)cc1OC. The maximum Gasteiger partial charge on any atom is 0.337 e. The Kier molecular flexibility index (Phi) is 10.5. The molecular weight excluding hydrogens is 548 g/mol. The van der Waals surface area contributed by atoms with Crippen LogP contribution in [0, 0.1) is 0 Å². The molecule has 0 radical (unpaired) electrons. The van der Waals surface area contributed by atoms with Crippen LogP contribution in [0.25, 0.3) is 11.1 Å². The summed E-state index contributed by atoms with van der Waals surface area (Å²) in [6.45, 7) is 7.64. The van der Waals surface area contributed by atoms with Crippen LogP contribution in [0.3, 0.4) is 0 Å². The van der Waals surface area contributed by atoms with Crippen LogP contribution in [-0.2, 0) is 14.3 Å². The minimum absolute atomic E-state index is 0.113. The lowest BCUT2D eigenvalue weighted by molar-refractivity contribution is -0.120. The van der Waals surface area contributed by atoms with Gasteiger partial charge in [-0.25, -0.2) is 4.79 Å². The molecule has 3 aromatic rings. The molecule has 0 aliphatic carbocycles. The molecule has 0 spiro atoms. The highest BCUT2D eigenvalue weighted by atomic mass is 35.5. The first-order valence-electron chi connectivity index (χ1n) is 13.1. The van der Waals surface area contributed by atoms with Crippen molar-refractivity contribution in [2.75, 3.05) is 26.1 Å². The molecule has 1 amide bonds. The number of amides is 1. The highest BCUT2D eigenvalue weighted by Gasteiger charge is 2.26. The number of benzene rings is 2. The molecule has 0 saturated heterocycles. The number of methoxy groups -OCH3 is 2. The number of ketones is 1. The molecule has 1 heterocycles. The molecule has 2 aromatic carbocycles. The number of halogens is 1. The third-order valence-electron chi connectivity index (χ3n) is 6.30. The Morgan fingerprint density at radius 2 is 1.68 bits per heavy atom. The van der Waals surface area contributed by atoms with E-state index >= 15 is 0 Å². The van der Waals surface area contributed by atoms with Crippen molar-refractivity contribution in [3.05, 3.63) is 81.2 Å². The van der Waals surface area contributed by atoms with E-state index in [1.54, 1.807) is 37.3 Å². The Morgan fingerprint density at radius 3 is 2.27 bits per heavy atom. The van der Waals surface area contributed by atoms with E-state index in [0.29, 0.717) is 33.0 Å². The minimum Gasteiger partial charge on any atom is -0.495 e. The first-order valence-corrected chi connectivity index (χ1v) is 13.5. The summed E-state index contributed by atoms with van der Waals surface area (Å²) in [6.07, 6.45) is 1.91. The number of hydrogen-bond acceptors (Lipinski definition) is 7. The fourth-order valence-electron chi connectivity index (χ4n) is 4.22. The van der Waals surface area contributed by atoms with Crippen LogP contribution >= 0.6 is 11.6 Å². The number of nitrogens with one attached hydrogen (secondary N) is 1. The van der Waals surface area contributed by atoms with Gasteiger partial charge < -0.3 is 19.5 Å². The average Bonchev–Trinajstić information content (AvgIpc) is 2.94. The molecule has 0 bridgehead atoms. The topological polar surface area (TPSA) is 113 Å². The number of anilines is 1. The average molecular weight is 583 g/mol. The lowest BCUT2D eigenvalue weighted by Crippen LogP contribution is -2.34. The zero-order valence-corrected chi connectivity index (χ0v) is 24.8. The number of aromatic nitrogens is 1. The molecule has 0 saturated carbocycles. The van der Waals surface area contributed by atoms with E-state index in [1.807, 2.05) is 20.8 Å². The molecule has 1 atom stereocenters. The fraction of sp³-hybridized carbons (Fsp3) is 0.355. The second-order valence-electron chi connectivity index (χ2n) is 10.3. The quantitative estimate of drug-likeness (QED) is 0.220. The minimum atomic E-state index is -0.968. The monoisotopic (exact) mass is 582 g/mol. The van der Waals surface area contributed by atoms with Gasteiger partial charge in [-0.3, -0.25) is 19.0 Å². The van der Waals surface area contributed by atoms with Crippen LogP contribution in [0.5, 0.6) is 5.75 Å². The largest absolute Gasteiger partial charge is 0.495 e. The van der Waals surface area contributed by atoms with Crippen LogP contribution in [0.15, 0.2) is 59.5 Å². The third-order valence-corrected chi connectivity index (χ3v) is 6.53. The molecule has 41 heavy (non-hydrogen) atoms. The molecule has 0 aliphatic heterocycles. The van der Waals surface area contributed by atoms with Gasteiger partial charge in [0.15, 0.2) is 5.78 Å². The molecule has 1 aromatic heterocycles. The summed E-state index contributed by atoms with van der Waals surface area (Å²) >= 11 is 6.25. The van der Waals surface area contributed by atoms with E-state index in [4.69, 9.17) is 25.8 Å². The number of Topliss-reactive ketones (excluding diaryl/α,β-unsaturated/α-hetero) is 1. The number of hydrogen-bond donors (Lipinski definition) is 1. The van der Waals surface area contributed by atoms with Gasteiger partial charge in [-0.2, -0.15) is 0 Å². The van der Waals surface area contributed by atoms with Crippen molar-refractivity contribution < 1.29 is 28.6 Å². The number of esters is 1. The van der Waals surface area contributed by atoms with Gasteiger partial charge in [0, 0.05) is 47.4 Å². The van der Waals surface area contributed by atoms with Crippen LogP contribution in [0.4, 0.5) is 5.69 Å². The summed E-state index contributed by atoms with van der Waals surface area (Å²) in [6, 6.07) is 11.4. The van der Waals surface area contributed by atoms with Crippen LogP contribution in [0.2, 0.25) is 5.02 Å². The van der Waals surface area contributed by atoms with E-state index < -0.39 is 29.1 Å². The third kappa shape index (κ3) is 8.05. The molecule has 9 nitrogen and oxygen atoms in total. The van der Waals surface area contributed by atoms with E-state index in [9.17, 15) is 19.2 Å². The first-order chi connectivity index (χ1) is 19.4. The number of carbonyl (C=O) groups excluding carboxylic acids is 3. The Morgan fingerprint density at radius 1 is 1.00 bits per heavy atom. The summed E-state index contributed by atoms with van der Waals surface area (Å²) in [5, 5.41) is 3.21. The van der Waals surface area contributed by atoms with E-state index in [0.717, 1.165) is 0 Å². The lowest BCUT2D eigenvalue weighted by atomic mass is 9.96. The summed E-state index contributed by atoms with van der Waals surface area (Å²) in [4.78, 5) is 51.5. The number of ether oxygens (including phenoxy) is 3. The Labute approximate surface area is 244 Å². The second-order valence-corrected chi connectivity index (χ2v) is 10.7. The highest BCUT2D eigenvalue weighted by molar-refractivity contribution is 6.31. The van der Waals surface area contributed by atoms with Gasteiger partial charge in [0.2, 0.25) is 5.91 Å². The smallest absolute Gasteiger partial charge is 0.337 e. The Hall–Kier alpha value is -3.95. The van der Waals surface area contributed by atoms with E-state index in [1.165, 1.54) is 43.2 Å². The molecule has 1 N–H and O–H groups in total. The van der Waals surface area contributed by atoms with Crippen molar-refractivity contribution >= 4 is 34.9 Å². The van der Waals surface area contributed by atoms with Gasteiger partial charge in [0.05, 0.1) is 31.6 Å². The zero-order chi connectivity index (χ0) is 30.3.